The Balaban J connectivity index is 1.93. The minimum Gasteiger partial charge on any atom is -0.459 e. The van der Waals surface area contributed by atoms with Gasteiger partial charge in [-0.2, -0.15) is 18.2 Å². The van der Waals surface area contributed by atoms with Crippen molar-refractivity contribution in [3.8, 4) is 6.01 Å². The number of alkyl halides is 3. The van der Waals surface area contributed by atoms with Crippen molar-refractivity contribution in [1.29, 1.82) is 0 Å². The van der Waals surface area contributed by atoms with Crippen LogP contribution in [0.25, 0.3) is 0 Å². The van der Waals surface area contributed by atoms with E-state index in [9.17, 15) is 13.2 Å². The summed E-state index contributed by atoms with van der Waals surface area (Å²) in [5, 5.41) is 0.405. The van der Waals surface area contributed by atoms with E-state index in [4.69, 9.17) is 16.3 Å². The summed E-state index contributed by atoms with van der Waals surface area (Å²) in [6.45, 7) is 0.145. The SMILES string of the molecule is CN(c1cccc(Cl)c1)c1nc(OCc2ccccc2)ncc1C(F)(F)F. The average Bonchev–Trinajstić information content (AvgIpc) is 2.65. The van der Waals surface area contributed by atoms with Gasteiger partial charge in [-0.1, -0.05) is 48.0 Å². The van der Waals surface area contributed by atoms with E-state index in [0.29, 0.717) is 10.7 Å². The van der Waals surface area contributed by atoms with Crippen LogP contribution >= 0.6 is 11.6 Å². The lowest BCUT2D eigenvalue weighted by Crippen LogP contribution is -2.19. The van der Waals surface area contributed by atoms with E-state index in [1.807, 2.05) is 30.3 Å². The fourth-order valence-corrected chi connectivity index (χ4v) is 2.60. The standard InChI is InChI=1S/C19H15ClF3N3O/c1-26(15-9-5-8-14(20)10-15)17-16(19(21,22)23)11-24-18(25-17)27-12-13-6-3-2-4-7-13/h2-11H,12H2,1H3. The maximum absolute atomic E-state index is 13.4. The molecule has 0 N–H and O–H groups in total. The maximum Gasteiger partial charge on any atom is 0.421 e. The van der Waals surface area contributed by atoms with E-state index in [2.05, 4.69) is 9.97 Å². The smallest absolute Gasteiger partial charge is 0.421 e. The lowest BCUT2D eigenvalue weighted by Gasteiger charge is -2.22. The quantitative estimate of drug-likeness (QED) is 0.574. The molecule has 0 atom stereocenters. The summed E-state index contributed by atoms with van der Waals surface area (Å²) in [4.78, 5) is 9.00. The van der Waals surface area contributed by atoms with Crippen molar-refractivity contribution in [3.05, 3.63) is 76.9 Å². The van der Waals surface area contributed by atoms with E-state index < -0.39 is 11.7 Å². The van der Waals surface area contributed by atoms with Gasteiger partial charge in [-0.25, -0.2) is 4.98 Å². The summed E-state index contributed by atoms with van der Waals surface area (Å²) in [5.41, 5.74) is 0.350. The molecule has 4 nitrogen and oxygen atoms in total. The molecule has 0 aliphatic carbocycles. The lowest BCUT2D eigenvalue weighted by molar-refractivity contribution is -0.137. The number of hydrogen-bond donors (Lipinski definition) is 0. The summed E-state index contributed by atoms with van der Waals surface area (Å²) in [7, 11) is 1.48. The van der Waals surface area contributed by atoms with Crippen molar-refractivity contribution in [2.24, 2.45) is 0 Å². The van der Waals surface area contributed by atoms with E-state index in [1.54, 1.807) is 24.3 Å². The molecular formula is C19H15ClF3N3O. The highest BCUT2D eigenvalue weighted by molar-refractivity contribution is 6.30. The second-order valence-electron chi connectivity index (χ2n) is 5.70. The van der Waals surface area contributed by atoms with Crippen LogP contribution in [0.2, 0.25) is 5.02 Å². The zero-order chi connectivity index (χ0) is 19.4. The first kappa shape index (κ1) is 19.0. The molecule has 0 saturated carbocycles. The molecule has 0 aliphatic heterocycles. The second kappa shape index (κ2) is 7.84. The number of benzene rings is 2. The summed E-state index contributed by atoms with van der Waals surface area (Å²) in [6, 6.07) is 15.5. The first-order valence-electron chi connectivity index (χ1n) is 7.95. The Hall–Kier alpha value is -2.80. The van der Waals surface area contributed by atoms with Gasteiger partial charge in [-0.05, 0) is 23.8 Å². The van der Waals surface area contributed by atoms with Gasteiger partial charge in [0.1, 0.15) is 12.2 Å². The predicted octanol–water partition coefficient (Wildman–Crippen LogP) is 5.50. The largest absolute Gasteiger partial charge is 0.459 e. The molecule has 1 aromatic heterocycles. The number of nitrogens with zero attached hydrogens (tertiary/aromatic N) is 3. The first-order valence-corrected chi connectivity index (χ1v) is 8.32. The molecule has 3 rings (SSSR count). The fourth-order valence-electron chi connectivity index (χ4n) is 2.41. The van der Waals surface area contributed by atoms with Gasteiger partial charge in [0.25, 0.3) is 0 Å². The molecule has 0 fully saturated rings. The molecule has 2 aromatic carbocycles. The molecule has 3 aromatic rings. The molecule has 0 saturated heterocycles. The van der Waals surface area contributed by atoms with E-state index >= 15 is 0 Å². The van der Waals surface area contributed by atoms with Crippen molar-refractivity contribution >= 4 is 23.1 Å². The van der Waals surface area contributed by atoms with Crippen LogP contribution in [0.4, 0.5) is 24.7 Å². The van der Waals surface area contributed by atoms with Crippen molar-refractivity contribution in [2.75, 3.05) is 11.9 Å². The van der Waals surface area contributed by atoms with E-state index in [-0.39, 0.29) is 18.4 Å². The number of ether oxygens (including phenoxy) is 1. The molecule has 0 amide bonds. The minimum absolute atomic E-state index is 0.143. The van der Waals surface area contributed by atoms with Crippen LogP contribution in [-0.2, 0) is 12.8 Å². The number of aromatic nitrogens is 2. The Bertz CT molecular complexity index is 920. The second-order valence-corrected chi connectivity index (χ2v) is 6.14. The van der Waals surface area contributed by atoms with Crippen LogP contribution in [0.1, 0.15) is 11.1 Å². The van der Waals surface area contributed by atoms with Gasteiger partial charge in [0.05, 0.1) is 0 Å². The molecule has 0 spiro atoms. The molecule has 0 radical (unpaired) electrons. The monoisotopic (exact) mass is 393 g/mol. The average molecular weight is 394 g/mol. The fraction of sp³-hybridized carbons (Fsp3) is 0.158. The van der Waals surface area contributed by atoms with Gasteiger partial charge in [0.2, 0.25) is 0 Å². The van der Waals surface area contributed by atoms with Crippen molar-refractivity contribution in [3.63, 3.8) is 0 Å². The molecule has 0 aliphatic rings. The Kier molecular flexibility index (Phi) is 5.51. The lowest BCUT2D eigenvalue weighted by atomic mass is 10.2. The molecule has 27 heavy (non-hydrogen) atoms. The van der Waals surface area contributed by atoms with E-state index in [1.165, 1.54) is 11.9 Å². The Labute approximate surface area is 159 Å². The topological polar surface area (TPSA) is 38.2 Å². The maximum atomic E-state index is 13.4. The summed E-state index contributed by atoms with van der Waals surface area (Å²) in [6.07, 6.45) is -3.89. The van der Waals surface area contributed by atoms with Crippen molar-refractivity contribution < 1.29 is 17.9 Å². The van der Waals surface area contributed by atoms with Crippen LogP contribution in [0, 0.1) is 0 Å². The van der Waals surface area contributed by atoms with E-state index in [0.717, 1.165) is 11.8 Å². The van der Waals surface area contributed by atoms with Gasteiger partial charge in [-0.3, -0.25) is 0 Å². The van der Waals surface area contributed by atoms with Crippen LogP contribution in [0.5, 0.6) is 6.01 Å². The number of halogens is 4. The highest BCUT2D eigenvalue weighted by Crippen LogP contribution is 2.38. The molecule has 140 valence electrons. The highest BCUT2D eigenvalue weighted by atomic mass is 35.5. The van der Waals surface area contributed by atoms with Crippen LogP contribution in [0.3, 0.4) is 0 Å². The first-order chi connectivity index (χ1) is 12.8. The Morgan fingerprint density at radius 2 is 1.81 bits per heavy atom. The normalized spacial score (nSPS) is 11.3. The number of anilines is 2. The van der Waals surface area contributed by atoms with Crippen LogP contribution in [0.15, 0.2) is 60.8 Å². The molecular weight excluding hydrogens is 379 g/mol. The van der Waals surface area contributed by atoms with Crippen molar-refractivity contribution in [2.45, 2.75) is 12.8 Å². The summed E-state index contributed by atoms with van der Waals surface area (Å²) in [5.74, 6) is -0.317. The molecule has 0 bridgehead atoms. The van der Waals surface area contributed by atoms with Gasteiger partial charge >= 0.3 is 12.2 Å². The molecule has 1 heterocycles. The molecule has 8 heteroatoms. The Morgan fingerprint density at radius 1 is 1.07 bits per heavy atom. The minimum atomic E-state index is -4.61. The Morgan fingerprint density at radius 3 is 2.48 bits per heavy atom. The highest BCUT2D eigenvalue weighted by Gasteiger charge is 2.36. The summed E-state index contributed by atoms with van der Waals surface area (Å²) >= 11 is 5.95. The van der Waals surface area contributed by atoms with Gasteiger partial charge in [-0.15, -0.1) is 0 Å². The third kappa shape index (κ3) is 4.68. The van der Waals surface area contributed by atoms with Crippen molar-refractivity contribution in [1.82, 2.24) is 9.97 Å². The predicted molar refractivity (Wildman–Crippen MR) is 97.3 cm³/mol. The zero-order valence-corrected chi connectivity index (χ0v) is 15.0. The van der Waals surface area contributed by atoms with Gasteiger partial charge in [0.15, 0.2) is 5.82 Å². The van der Waals surface area contributed by atoms with Crippen LogP contribution in [-0.4, -0.2) is 17.0 Å². The molecule has 0 unspecified atom stereocenters. The van der Waals surface area contributed by atoms with Gasteiger partial charge in [0, 0.05) is 24.0 Å². The summed E-state index contributed by atoms with van der Waals surface area (Å²) < 4.78 is 45.7. The van der Waals surface area contributed by atoms with Crippen LogP contribution < -0.4 is 9.64 Å². The third-order valence-corrected chi connectivity index (χ3v) is 4.01. The zero-order valence-electron chi connectivity index (χ0n) is 14.2. The number of hydrogen-bond acceptors (Lipinski definition) is 4. The van der Waals surface area contributed by atoms with Gasteiger partial charge < -0.3 is 9.64 Å². The third-order valence-electron chi connectivity index (χ3n) is 3.78. The number of rotatable bonds is 5.